The Morgan fingerprint density at radius 2 is 2.70 bits per heavy atom. The van der Waals surface area contributed by atoms with Crippen LogP contribution in [0.5, 0.6) is 0 Å². The van der Waals surface area contributed by atoms with Crippen LogP contribution in [0.3, 0.4) is 0 Å². The lowest BCUT2D eigenvalue weighted by Crippen LogP contribution is -2.07. The van der Waals surface area contributed by atoms with Crippen LogP contribution in [0.4, 0.5) is 0 Å². The van der Waals surface area contributed by atoms with E-state index in [9.17, 15) is 0 Å². The topological polar surface area (TPSA) is 37.3 Å². The molecule has 52 valence electrons. The van der Waals surface area contributed by atoms with E-state index in [1.54, 1.807) is 11.3 Å². The highest BCUT2D eigenvalue weighted by atomic mass is 32.1. The van der Waals surface area contributed by atoms with E-state index in [0.717, 1.165) is 6.42 Å². The summed E-state index contributed by atoms with van der Waals surface area (Å²) in [7, 11) is 0. The van der Waals surface area contributed by atoms with Gasteiger partial charge in [0, 0.05) is 23.7 Å². The molecule has 1 aliphatic heterocycles. The number of rotatable bonds is 1. The SMILES string of the molecule is C1=NNC(c2cncs2)C1. The highest BCUT2D eigenvalue weighted by Crippen LogP contribution is 2.21. The standard InChI is InChI=1S/C6H7N3S/c1-2-8-9-5(1)6-3-7-4-10-6/h2-5,9H,1H2. The minimum absolute atomic E-state index is 0.382. The summed E-state index contributed by atoms with van der Waals surface area (Å²) in [6.45, 7) is 0. The van der Waals surface area contributed by atoms with Gasteiger partial charge in [0.05, 0.1) is 11.6 Å². The van der Waals surface area contributed by atoms with E-state index in [2.05, 4.69) is 15.5 Å². The van der Waals surface area contributed by atoms with Crippen molar-refractivity contribution in [3.63, 3.8) is 0 Å². The van der Waals surface area contributed by atoms with Gasteiger partial charge in [0.1, 0.15) is 0 Å². The van der Waals surface area contributed by atoms with Crippen LogP contribution in [0.1, 0.15) is 17.3 Å². The lowest BCUT2D eigenvalue weighted by molar-refractivity contribution is 0.629. The maximum Gasteiger partial charge on any atom is 0.0847 e. The number of hydrazone groups is 1. The zero-order chi connectivity index (χ0) is 6.81. The molecule has 0 aliphatic carbocycles. The predicted molar refractivity (Wildman–Crippen MR) is 41.1 cm³/mol. The van der Waals surface area contributed by atoms with Gasteiger partial charge in [-0.3, -0.25) is 4.98 Å². The molecule has 0 saturated heterocycles. The van der Waals surface area contributed by atoms with Crippen molar-refractivity contribution in [1.82, 2.24) is 10.4 Å². The first kappa shape index (κ1) is 5.85. The number of nitrogens with zero attached hydrogens (tertiary/aromatic N) is 2. The number of hydrogen-bond acceptors (Lipinski definition) is 4. The minimum atomic E-state index is 0.382. The third-order valence-electron chi connectivity index (χ3n) is 1.46. The first-order valence-corrected chi connectivity index (χ1v) is 4.00. The summed E-state index contributed by atoms with van der Waals surface area (Å²) in [5.74, 6) is 0. The normalized spacial score (nSPS) is 23.0. The van der Waals surface area contributed by atoms with Gasteiger partial charge in [-0.05, 0) is 0 Å². The molecule has 0 radical (unpaired) electrons. The zero-order valence-electron chi connectivity index (χ0n) is 5.32. The van der Waals surface area contributed by atoms with Gasteiger partial charge in [-0.25, -0.2) is 0 Å². The van der Waals surface area contributed by atoms with Crippen molar-refractivity contribution in [3.05, 3.63) is 16.6 Å². The van der Waals surface area contributed by atoms with Crippen LogP contribution in [0.15, 0.2) is 16.8 Å². The molecule has 1 aliphatic rings. The van der Waals surface area contributed by atoms with E-state index >= 15 is 0 Å². The Morgan fingerprint density at radius 1 is 1.70 bits per heavy atom. The number of thiazole rings is 1. The summed E-state index contributed by atoms with van der Waals surface area (Å²) in [6, 6.07) is 0.382. The molecule has 4 heteroatoms. The average molecular weight is 153 g/mol. The van der Waals surface area contributed by atoms with Gasteiger partial charge in [0.25, 0.3) is 0 Å². The molecule has 0 bridgehead atoms. The molecular formula is C6H7N3S. The van der Waals surface area contributed by atoms with Crippen LogP contribution in [0.25, 0.3) is 0 Å². The van der Waals surface area contributed by atoms with Crippen molar-refractivity contribution < 1.29 is 0 Å². The van der Waals surface area contributed by atoms with Gasteiger partial charge in [-0.2, -0.15) is 5.10 Å². The Morgan fingerprint density at radius 3 is 3.30 bits per heavy atom. The van der Waals surface area contributed by atoms with E-state index in [-0.39, 0.29) is 0 Å². The van der Waals surface area contributed by atoms with Crippen LogP contribution in [-0.2, 0) is 0 Å². The molecule has 1 aromatic rings. The Labute approximate surface area is 62.8 Å². The van der Waals surface area contributed by atoms with Gasteiger partial charge >= 0.3 is 0 Å². The summed E-state index contributed by atoms with van der Waals surface area (Å²) in [5.41, 5.74) is 4.84. The fraction of sp³-hybridized carbons (Fsp3) is 0.333. The summed E-state index contributed by atoms with van der Waals surface area (Å²) in [4.78, 5) is 5.25. The minimum Gasteiger partial charge on any atom is -0.302 e. The summed E-state index contributed by atoms with van der Waals surface area (Å²) in [5, 5.41) is 3.92. The lowest BCUT2D eigenvalue weighted by Gasteiger charge is -2.03. The van der Waals surface area contributed by atoms with Crippen molar-refractivity contribution in [2.45, 2.75) is 12.5 Å². The molecule has 1 aromatic heterocycles. The van der Waals surface area contributed by atoms with Crippen molar-refractivity contribution in [2.24, 2.45) is 5.10 Å². The molecule has 1 atom stereocenters. The fourth-order valence-corrected chi connectivity index (χ4v) is 1.61. The third-order valence-corrected chi connectivity index (χ3v) is 2.35. The van der Waals surface area contributed by atoms with Crippen LogP contribution >= 0.6 is 11.3 Å². The van der Waals surface area contributed by atoms with Crippen molar-refractivity contribution in [3.8, 4) is 0 Å². The second-order valence-electron chi connectivity index (χ2n) is 2.13. The molecule has 0 amide bonds. The smallest absolute Gasteiger partial charge is 0.0847 e. The molecule has 0 fully saturated rings. The summed E-state index contributed by atoms with van der Waals surface area (Å²) >= 11 is 1.67. The lowest BCUT2D eigenvalue weighted by atomic mass is 10.2. The van der Waals surface area contributed by atoms with Gasteiger partial charge in [-0.15, -0.1) is 11.3 Å². The molecule has 0 aromatic carbocycles. The van der Waals surface area contributed by atoms with Gasteiger partial charge in [0.2, 0.25) is 0 Å². The third kappa shape index (κ3) is 0.903. The van der Waals surface area contributed by atoms with Crippen LogP contribution < -0.4 is 5.43 Å². The Bertz CT molecular complexity index is 221. The van der Waals surface area contributed by atoms with Crippen molar-refractivity contribution >= 4 is 17.6 Å². The Balaban J connectivity index is 2.14. The highest BCUT2D eigenvalue weighted by Gasteiger charge is 2.13. The maximum atomic E-state index is 3.99. The molecule has 0 spiro atoms. The molecular weight excluding hydrogens is 146 g/mol. The first-order valence-electron chi connectivity index (χ1n) is 3.12. The molecule has 0 saturated carbocycles. The Kier molecular flexibility index (Phi) is 1.39. The van der Waals surface area contributed by atoms with E-state index in [1.165, 1.54) is 4.88 Å². The van der Waals surface area contributed by atoms with Crippen LogP contribution in [-0.4, -0.2) is 11.2 Å². The maximum absolute atomic E-state index is 3.99. The first-order chi connectivity index (χ1) is 4.97. The molecule has 2 heterocycles. The van der Waals surface area contributed by atoms with Gasteiger partial charge in [-0.1, -0.05) is 0 Å². The summed E-state index contributed by atoms with van der Waals surface area (Å²) in [6.07, 6.45) is 4.77. The zero-order valence-corrected chi connectivity index (χ0v) is 6.14. The van der Waals surface area contributed by atoms with Gasteiger partial charge in [0.15, 0.2) is 0 Å². The fourth-order valence-electron chi connectivity index (χ4n) is 0.931. The average Bonchev–Trinajstić information content (AvgIpc) is 2.59. The van der Waals surface area contributed by atoms with E-state index < -0.39 is 0 Å². The number of nitrogens with one attached hydrogen (secondary N) is 1. The van der Waals surface area contributed by atoms with E-state index in [1.807, 2.05) is 17.9 Å². The molecule has 1 N–H and O–H groups in total. The number of aromatic nitrogens is 1. The molecule has 10 heavy (non-hydrogen) atoms. The van der Waals surface area contributed by atoms with Gasteiger partial charge < -0.3 is 5.43 Å². The quantitative estimate of drug-likeness (QED) is 0.657. The van der Waals surface area contributed by atoms with E-state index in [4.69, 9.17) is 0 Å². The predicted octanol–water partition coefficient (Wildman–Crippen LogP) is 1.16. The van der Waals surface area contributed by atoms with Crippen LogP contribution in [0, 0.1) is 0 Å². The highest BCUT2D eigenvalue weighted by molar-refractivity contribution is 7.09. The molecule has 1 unspecified atom stereocenters. The van der Waals surface area contributed by atoms with Crippen molar-refractivity contribution in [2.75, 3.05) is 0 Å². The van der Waals surface area contributed by atoms with Crippen LogP contribution in [0.2, 0.25) is 0 Å². The van der Waals surface area contributed by atoms with Crippen molar-refractivity contribution in [1.29, 1.82) is 0 Å². The second-order valence-corrected chi connectivity index (χ2v) is 3.05. The van der Waals surface area contributed by atoms with E-state index in [0.29, 0.717) is 6.04 Å². The second kappa shape index (κ2) is 2.38. The monoisotopic (exact) mass is 153 g/mol. The Hall–Kier alpha value is -0.900. The molecule has 3 nitrogen and oxygen atoms in total. The number of hydrogen-bond donors (Lipinski definition) is 1. The summed E-state index contributed by atoms with van der Waals surface area (Å²) < 4.78 is 0. The largest absolute Gasteiger partial charge is 0.302 e. The molecule has 2 rings (SSSR count).